The lowest BCUT2D eigenvalue weighted by molar-refractivity contribution is 1.01. The van der Waals surface area contributed by atoms with Crippen molar-refractivity contribution in [2.75, 3.05) is 0 Å². The molecule has 21 rings (SSSR count). The molecule has 0 N–H and O–H groups in total. The highest BCUT2D eigenvalue weighted by Crippen LogP contribution is 2.44. The van der Waals surface area contributed by atoms with Gasteiger partial charge in [0.25, 0.3) is 0 Å². The average Bonchev–Trinajstić information content (AvgIpc) is 1.61. The number of benzene rings is 15. The summed E-state index contributed by atoms with van der Waals surface area (Å²) in [6.45, 7) is 0. The van der Waals surface area contributed by atoms with Crippen LogP contribution in [0.5, 0.6) is 0 Å². The van der Waals surface area contributed by atoms with E-state index in [0.29, 0.717) is 5.95 Å². The molecule has 0 atom stereocenters. The highest BCUT2D eigenvalue weighted by molar-refractivity contribution is 6.17. The van der Waals surface area contributed by atoms with Crippen LogP contribution in [0, 0.1) is 0 Å². The molecule has 99 heavy (non-hydrogen) atoms. The smallest absolute Gasteiger partial charge is 0.235 e. The zero-order valence-electron chi connectivity index (χ0n) is 53.5. The van der Waals surface area contributed by atoms with Crippen molar-refractivity contribution in [1.29, 1.82) is 0 Å². The van der Waals surface area contributed by atoms with Gasteiger partial charge in [-0.1, -0.05) is 194 Å². The van der Waals surface area contributed by atoms with Crippen molar-refractivity contribution < 1.29 is 0 Å². The summed E-state index contributed by atoms with van der Waals surface area (Å²) in [5.41, 5.74) is 25.6. The summed E-state index contributed by atoms with van der Waals surface area (Å²) in [5.74, 6) is 0.618. The maximum Gasteiger partial charge on any atom is 0.235 e. The zero-order valence-corrected chi connectivity index (χ0v) is 53.5. The first-order valence-electron chi connectivity index (χ1n) is 33.9. The molecule has 7 heteroatoms. The number of fused-ring (bicyclic) bond motifs is 16. The maximum absolute atomic E-state index is 5.64. The standard InChI is InChI=1S/C92H57N7/c1-5-21-58(22-6-1)91-79-57-68(98-83-35-19-15-31-71(83)75-53-60(39-47-87(75)98)59-37-45-85-73(51-59)69-29-13-17-33-81(69)95(85)65-23-7-2-8-24-65)43-44-80(79)93-92(94-91)99-84-36-20-16-32-72(84)76-54-62(42-50-90(76)99)64-41-49-89-78(56-64)77-55-63(40-48-88(77)97(89)67-27-11-4-12-28-67)61-38-46-86-74(52-61)70-30-14-18-34-82(70)96(86)66-25-9-3-10-26-66/h1-57H. The maximum atomic E-state index is 5.64. The minimum Gasteiger partial charge on any atom is -0.309 e. The van der Waals surface area contributed by atoms with Crippen LogP contribution in [0.1, 0.15) is 0 Å². The number of rotatable bonds is 9. The second-order valence-electron chi connectivity index (χ2n) is 26.1. The number of hydrogen-bond acceptors (Lipinski definition) is 2. The average molecular weight is 1260 g/mol. The molecule has 0 saturated carbocycles. The topological polar surface area (TPSA) is 50.4 Å². The number of aromatic nitrogens is 7. The second kappa shape index (κ2) is 21.6. The van der Waals surface area contributed by atoms with Gasteiger partial charge < -0.3 is 18.3 Å². The molecule has 0 unspecified atom stereocenters. The van der Waals surface area contributed by atoms with Crippen molar-refractivity contribution in [3.05, 3.63) is 346 Å². The molecule has 0 fully saturated rings. The van der Waals surface area contributed by atoms with Gasteiger partial charge in [0.05, 0.1) is 66.4 Å². The quantitative estimate of drug-likeness (QED) is 0.145. The van der Waals surface area contributed by atoms with Crippen molar-refractivity contribution >= 4 is 120 Å². The fraction of sp³-hybridized carbons (Fsp3) is 0. The summed E-state index contributed by atoms with van der Waals surface area (Å²) < 4.78 is 11.8. The van der Waals surface area contributed by atoms with Crippen LogP contribution in [0.15, 0.2) is 346 Å². The Morgan fingerprint density at radius 1 is 0.162 bits per heavy atom. The van der Waals surface area contributed by atoms with E-state index in [-0.39, 0.29) is 0 Å². The summed E-state index contributed by atoms with van der Waals surface area (Å²) in [5, 5.41) is 13.0. The molecular weight excluding hydrogens is 1200 g/mol. The van der Waals surface area contributed by atoms with Gasteiger partial charge >= 0.3 is 0 Å². The van der Waals surface area contributed by atoms with E-state index < -0.39 is 0 Å². The number of nitrogens with zero attached hydrogens (tertiary/aromatic N) is 7. The summed E-state index contributed by atoms with van der Waals surface area (Å²) in [6.07, 6.45) is 0. The summed E-state index contributed by atoms with van der Waals surface area (Å²) >= 11 is 0. The fourth-order valence-electron chi connectivity index (χ4n) is 16.2. The minimum atomic E-state index is 0.618. The van der Waals surface area contributed by atoms with E-state index in [4.69, 9.17) is 9.97 Å². The summed E-state index contributed by atoms with van der Waals surface area (Å²) in [4.78, 5) is 11.2. The lowest BCUT2D eigenvalue weighted by atomic mass is 9.98. The lowest BCUT2D eigenvalue weighted by Crippen LogP contribution is -2.04. The van der Waals surface area contributed by atoms with Gasteiger partial charge in [0.15, 0.2) is 0 Å². The third kappa shape index (κ3) is 8.44. The first-order valence-corrected chi connectivity index (χ1v) is 33.9. The molecule has 460 valence electrons. The van der Waals surface area contributed by atoms with Crippen molar-refractivity contribution in [2.45, 2.75) is 0 Å². The Bertz CT molecular complexity index is 6890. The molecule has 0 aliphatic carbocycles. The van der Waals surface area contributed by atoms with Crippen molar-refractivity contribution in [3.8, 4) is 73.3 Å². The highest BCUT2D eigenvalue weighted by Gasteiger charge is 2.23. The molecule has 6 heterocycles. The van der Waals surface area contributed by atoms with E-state index >= 15 is 0 Å². The van der Waals surface area contributed by atoms with E-state index in [1.807, 2.05) is 0 Å². The Balaban J connectivity index is 0.678. The third-order valence-corrected chi connectivity index (χ3v) is 20.7. The van der Waals surface area contributed by atoms with Crippen LogP contribution in [-0.4, -0.2) is 32.8 Å². The van der Waals surface area contributed by atoms with E-state index in [2.05, 4.69) is 369 Å². The minimum absolute atomic E-state index is 0.618. The van der Waals surface area contributed by atoms with E-state index in [9.17, 15) is 0 Å². The van der Waals surface area contributed by atoms with Crippen LogP contribution in [0.3, 0.4) is 0 Å². The van der Waals surface area contributed by atoms with Crippen LogP contribution in [-0.2, 0) is 0 Å². The summed E-state index contributed by atoms with van der Waals surface area (Å²) in [7, 11) is 0. The Hall–Kier alpha value is -13.4. The van der Waals surface area contributed by atoms with Gasteiger partial charge in [-0.05, 0) is 185 Å². The molecule has 7 nitrogen and oxygen atoms in total. The molecule has 21 aromatic rings. The second-order valence-corrected chi connectivity index (χ2v) is 26.1. The van der Waals surface area contributed by atoms with Crippen LogP contribution >= 0.6 is 0 Å². The largest absolute Gasteiger partial charge is 0.309 e. The van der Waals surface area contributed by atoms with Crippen LogP contribution in [0.25, 0.3) is 193 Å². The molecule has 15 aromatic carbocycles. The predicted octanol–water partition coefficient (Wildman–Crippen LogP) is 23.8. The highest BCUT2D eigenvalue weighted by atomic mass is 15.2. The van der Waals surface area contributed by atoms with E-state index in [0.717, 1.165) is 99.9 Å². The van der Waals surface area contributed by atoms with Crippen LogP contribution in [0.4, 0.5) is 0 Å². The van der Waals surface area contributed by atoms with E-state index in [1.54, 1.807) is 0 Å². The predicted molar refractivity (Wildman–Crippen MR) is 413 cm³/mol. The SMILES string of the molecule is c1ccc(-c2nc(-n3c4ccccc4c4cc(-c5ccc6c(c5)c5cc(-c7ccc8c(c7)c7ccccc7n8-c7ccccc7)ccc5n6-c5ccccc5)ccc43)nc3ccc(-n4c5ccccc5c5cc(-c6ccc7c(c6)c6ccccc6n7-c6ccccc6)ccc54)cc23)cc1. The molecule has 0 aliphatic rings. The molecule has 0 amide bonds. The molecular formula is C92H57N7. The van der Waals surface area contributed by atoms with Crippen molar-refractivity contribution in [3.63, 3.8) is 0 Å². The first-order chi connectivity index (χ1) is 49.1. The fourth-order valence-corrected chi connectivity index (χ4v) is 16.2. The van der Waals surface area contributed by atoms with E-state index in [1.165, 1.54) is 87.4 Å². The third-order valence-electron chi connectivity index (χ3n) is 20.7. The Morgan fingerprint density at radius 3 is 0.788 bits per heavy atom. The molecule has 0 saturated heterocycles. The van der Waals surface area contributed by atoms with Crippen molar-refractivity contribution in [2.24, 2.45) is 0 Å². The van der Waals surface area contributed by atoms with Gasteiger partial charge in [-0.15, -0.1) is 0 Å². The van der Waals surface area contributed by atoms with Crippen LogP contribution in [0.2, 0.25) is 0 Å². The molecule has 0 spiro atoms. The Kier molecular flexibility index (Phi) is 12.0. The van der Waals surface area contributed by atoms with Crippen molar-refractivity contribution in [1.82, 2.24) is 32.8 Å². The van der Waals surface area contributed by atoms with Gasteiger partial charge in [0.1, 0.15) is 0 Å². The summed E-state index contributed by atoms with van der Waals surface area (Å²) in [6, 6.07) is 126. The number of hydrogen-bond donors (Lipinski definition) is 0. The molecule has 0 bridgehead atoms. The van der Waals surface area contributed by atoms with Gasteiger partial charge in [-0.2, -0.15) is 0 Å². The monoisotopic (exact) mass is 1260 g/mol. The lowest BCUT2D eigenvalue weighted by Gasteiger charge is -2.14. The van der Waals surface area contributed by atoms with Gasteiger partial charge in [-0.25, -0.2) is 9.97 Å². The Morgan fingerprint density at radius 2 is 0.434 bits per heavy atom. The van der Waals surface area contributed by atoms with Gasteiger partial charge in [0, 0.05) is 87.6 Å². The van der Waals surface area contributed by atoms with Gasteiger partial charge in [0.2, 0.25) is 5.95 Å². The first kappa shape index (κ1) is 55.0. The number of para-hydroxylation sites is 7. The molecule has 0 aliphatic heterocycles. The normalized spacial score (nSPS) is 12.0. The molecule has 0 radical (unpaired) electrons. The zero-order chi connectivity index (χ0) is 64.8. The molecule has 6 aromatic heterocycles. The van der Waals surface area contributed by atoms with Crippen LogP contribution < -0.4 is 0 Å². The van der Waals surface area contributed by atoms with Gasteiger partial charge in [-0.3, -0.25) is 4.57 Å². The Labute approximate surface area is 568 Å².